The predicted octanol–water partition coefficient (Wildman–Crippen LogP) is 1.24. The van der Waals surface area contributed by atoms with E-state index in [4.69, 9.17) is 5.73 Å². The molecule has 1 aliphatic heterocycles. The first-order valence-corrected chi connectivity index (χ1v) is 6.07. The summed E-state index contributed by atoms with van der Waals surface area (Å²) in [4.78, 5) is 2.24. The van der Waals surface area contributed by atoms with E-state index in [1.807, 2.05) is 6.07 Å². The molecule has 0 spiro atoms. The molecule has 0 aliphatic carbocycles. The molecular formula is C13H19FN2O. The third-order valence-corrected chi connectivity index (χ3v) is 3.43. The Morgan fingerprint density at radius 3 is 3.00 bits per heavy atom. The Hall–Kier alpha value is -0.970. The van der Waals surface area contributed by atoms with Crippen LogP contribution in [0.2, 0.25) is 0 Å². The fraction of sp³-hybridized carbons (Fsp3) is 0.538. The third-order valence-electron chi connectivity index (χ3n) is 3.43. The van der Waals surface area contributed by atoms with Crippen LogP contribution in [0.3, 0.4) is 0 Å². The van der Waals surface area contributed by atoms with Crippen LogP contribution in [-0.4, -0.2) is 29.2 Å². The summed E-state index contributed by atoms with van der Waals surface area (Å²) in [5, 5.41) is 9.24. The number of nitrogens with zero attached hydrogens (tertiary/aromatic N) is 1. The molecule has 1 aromatic rings. The topological polar surface area (TPSA) is 49.5 Å². The lowest BCUT2D eigenvalue weighted by Crippen LogP contribution is -2.31. The van der Waals surface area contributed by atoms with Gasteiger partial charge in [0.1, 0.15) is 5.82 Å². The first kappa shape index (κ1) is 12.5. The highest BCUT2D eigenvalue weighted by Gasteiger charge is 2.23. The Labute approximate surface area is 101 Å². The molecule has 1 aliphatic rings. The zero-order chi connectivity index (χ0) is 12.3. The Balaban J connectivity index is 2.08. The lowest BCUT2D eigenvalue weighted by molar-refractivity contribution is 0.153. The summed E-state index contributed by atoms with van der Waals surface area (Å²) in [7, 11) is 0. The zero-order valence-electron chi connectivity index (χ0n) is 9.90. The Morgan fingerprint density at radius 2 is 2.29 bits per heavy atom. The molecule has 94 valence electrons. The minimum absolute atomic E-state index is 0.199. The van der Waals surface area contributed by atoms with Crippen LogP contribution in [0, 0.1) is 5.82 Å². The maximum Gasteiger partial charge on any atom is 0.127 e. The van der Waals surface area contributed by atoms with Crippen molar-refractivity contribution < 1.29 is 9.50 Å². The van der Waals surface area contributed by atoms with Gasteiger partial charge in [0.25, 0.3) is 0 Å². The van der Waals surface area contributed by atoms with Gasteiger partial charge in [0, 0.05) is 24.7 Å². The summed E-state index contributed by atoms with van der Waals surface area (Å²) in [6.45, 7) is 2.19. The number of aliphatic hydroxyl groups is 1. The Bertz CT molecular complexity index is 384. The molecule has 1 heterocycles. The lowest BCUT2D eigenvalue weighted by atomic mass is 10.1. The van der Waals surface area contributed by atoms with Gasteiger partial charge < -0.3 is 10.8 Å². The van der Waals surface area contributed by atoms with Crippen molar-refractivity contribution in [1.29, 1.82) is 0 Å². The maximum absolute atomic E-state index is 13.3. The standard InChI is InChI=1S/C13H19FN2O/c14-13-4-3-10(6-11(13)7-15)8-16-5-1-2-12(16)9-17/h3-4,6,12,17H,1-2,5,7-9,15H2. The first-order chi connectivity index (χ1) is 8.24. The van der Waals surface area contributed by atoms with Gasteiger partial charge in [-0.1, -0.05) is 12.1 Å². The highest BCUT2D eigenvalue weighted by Crippen LogP contribution is 2.20. The van der Waals surface area contributed by atoms with E-state index in [-0.39, 0.29) is 25.0 Å². The van der Waals surface area contributed by atoms with Gasteiger partial charge in [0.15, 0.2) is 0 Å². The summed E-state index contributed by atoms with van der Waals surface area (Å²) in [6, 6.07) is 5.34. The van der Waals surface area contributed by atoms with Gasteiger partial charge in [-0.05, 0) is 31.0 Å². The van der Waals surface area contributed by atoms with Gasteiger partial charge in [-0.2, -0.15) is 0 Å². The SMILES string of the molecule is NCc1cc(CN2CCCC2CO)ccc1F. The van der Waals surface area contributed by atoms with Crippen LogP contribution >= 0.6 is 0 Å². The van der Waals surface area contributed by atoms with Crippen LogP contribution in [0.15, 0.2) is 18.2 Å². The fourth-order valence-electron chi connectivity index (χ4n) is 2.43. The largest absolute Gasteiger partial charge is 0.395 e. The van der Waals surface area contributed by atoms with E-state index in [0.29, 0.717) is 5.56 Å². The molecular weight excluding hydrogens is 219 g/mol. The van der Waals surface area contributed by atoms with Crippen molar-refractivity contribution in [2.75, 3.05) is 13.2 Å². The molecule has 4 heteroatoms. The minimum atomic E-state index is -0.239. The zero-order valence-corrected chi connectivity index (χ0v) is 9.90. The van der Waals surface area contributed by atoms with E-state index in [2.05, 4.69) is 4.90 Å². The normalized spacial score (nSPS) is 21.0. The summed E-state index contributed by atoms with van der Waals surface area (Å²) < 4.78 is 13.3. The van der Waals surface area contributed by atoms with Gasteiger partial charge in [-0.15, -0.1) is 0 Å². The van der Waals surface area contributed by atoms with E-state index in [0.717, 1.165) is 31.5 Å². The van der Waals surface area contributed by atoms with Crippen molar-refractivity contribution in [3.63, 3.8) is 0 Å². The second-order valence-electron chi connectivity index (χ2n) is 4.58. The van der Waals surface area contributed by atoms with Gasteiger partial charge in [0.2, 0.25) is 0 Å². The molecule has 1 aromatic carbocycles. The molecule has 0 radical (unpaired) electrons. The van der Waals surface area contributed by atoms with Crippen LogP contribution < -0.4 is 5.73 Å². The lowest BCUT2D eigenvalue weighted by Gasteiger charge is -2.22. The van der Waals surface area contributed by atoms with Crippen LogP contribution in [0.1, 0.15) is 24.0 Å². The molecule has 1 saturated heterocycles. The Kier molecular flexibility index (Phi) is 4.10. The number of likely N-dealkylation sites (tertiary alicyclic amines) is 1. The van der Waals surface area contributed by atoms with Crippen LogP contribution in [0.4, 0.5) is 4.39 Å². The number of rotatable bonds is 4. The van der Waals surface area contributed by atoms with Gasteiger partial charge in [0.05, 0.1) is 6.61 Å². The average molecular weight is 238 g/mol. The van der Waals surface area contributed by atoms with E-state index >= 15 is 0 Å². The number of halogens is 1. The molecule has 0 saturated carbocycles. The molecule has 0 aromatic heterocycles. The molecule has 1 atom stereocenters. The van der Waals surface area contributed by atoms with E-state index < -0.39 is 0 Å². The van der Waals surface area contributed by atoms with Crippen LogP contribution in [0.25, 0.3) is 0 Å². The maximum atomic E-state index is 13.3. The molecule has 3 N–H and O–H groups in total. The number of nitrogens with two attached hydrogens (primary N) is 1. The number of hydrogen-bond acceptors (Lipinski definition) is 3. The van der Waals surface area contributed by atoms with Crippen LogP contribution in [-0.2, 0) is 13.1 Å². The summed E-state index contributed by atoms with van der Waals surface area (Å²) in [5.41, 5.74) is 7.11. The fourth-order valence-corrected chi connectivity index (χ4v) is 2.43. The van der Waals surface area contributed by atoms with E-state index in [9.17, 15) is 9.50 Å². The minimum Gasteiger partial charge on any atom is -0.395 e. The third kappa shape index (κ3) is 2.83. The smallest absolute Gasteiger partial charge is 0.127 e. The molecule has 0 bridgehead atoms. The highest BCUT2D eigenvalue weighted by molar-refractivity contribution is 5.25. The van der Waals surface area contributed by atoms with Crippen molar-refractivity contribution in [1.82, 2.24) is 4.90 Å². The molecule has 1 fully saturated rings. The van der Waals surface area contributed by atoms with Gasteiger partial charge >= 0.3 is 0 Å². The predicted molar refractivity (Wildman–Crippen MR) is 64.8 cm³/mol. The van der Waals surface area contributed by atoms with Crippen molar-refractivity contribution in [3.8, 4) is 0 Å². The number of hydrogen-bond donors (Lipinski definition) is 2. The van der Waals surface area contributed by atoms with Crippen molar-refractivity contribution in [2.24, 2.45) is 5.73 Å². The van der Waals surface area contributed by atoms with E-state index in [1.54, 1.807) is 6.07 Å². The Morgan fingerprint density at radius 1 is 1.47 bits per heavy atom. The molecule has 0 amide bonds. The molecule has 17 heavy (non-hydrogen) atoms. The number of aliphatic hydroxyl groups excluding tert-OH is 1. The summed E-state index contributed by atoms with van der Waals surface area (Å²) in [5.74, 6) is -0.239. The van der Waals surface area contributed by atoms with Gasteiger partial charge in [-0.25, -0.2) is 4.39 Å². The first-order valence-electron chi connectivity index (χ1n) is 6.07. The highest BCUT2D eigenvalue weighted by atomic mass is 19.1. The monoisotopic (exact) mass is 238 g/mol. The van der Waals surface area contributed by atoms with Crippen molar-refractivity contribution in [3.05, 3.63) is 35.1 Å². The van der Waals surface area contributed by atoms with Crippen LogP contribution in [0.5, 0.6) is 0 Å². The molecule has 2 rings (SSSR count). The second-order valence-corrected chi connectivity index (χ2v) is 4.58. The van der Waals surface area contributed by atoms with Crippen molar-refractivity contribution >= 4 is 0 Å². The summed E-state index contributed by atoms with van der Waals surface area (Å²) >= 11 is 0. The average Bonchev–Trinajstić information content (AvgIpc) is 2.79. The molecule has 3 nitrogen and oxygen atoms in total. The van der Waals surface area contributed by atoms with E-state index in [1.165, 1.54) is 6.07 Å². The summed E-state index contributed by atoms with van der Waals surface area (Å²) in [6.07, 6.45) is 2.16. The number of benzene rings is 1. The van der Waals surface area contributed by atoms with Crippen molar-refractivity contribution in [2.45, 2.75) is 32.0 Å². The quantitative estimate of drug-likeness (QED) is 0.829. The second kappa shape index (κ2) is 5.58. The van der Waals surface area contributed by atoms with Gasteiger partial charge in [-0.3, -0.25) is 4.90 Å². The molecule has 1 unspecified atom stereocenters.